The van der Waals surface area contributed by atoms with Crippen molar-refractivity contribution in [1.29, 1.82) is 0 Å². The number of aryl methyl sites for hydroxylation is 1. The predicted molar refractivity (Wildman–Crippen MR) is 140 cm³/mol. The van der Waals surface area contributed by atoms with E-state index in [0.29, 0.717) is 37.9 Å². The summed E-state index contributed by atoms with van der Waals surface area (Å²) in [5.74, 6) is -4.05. The molecule has 39 heavy (non-hydrogen) atoms. The van der Waals surface area contributed by atoms with Crippen LogP contribution in [0, 0.1) is 0 Å². The lowest BCUT2D eigenvalue weighted by Gasteiger charge is -2.35. The van der Waals surface area contributed by atoms with Crippen LogP contribution in [-0.4, -0.2) is 88.2 Å². The molecule has 0 atom stereocenters. The second-order valence-corrected chi connectivity index (χ2v) is 8.90. The van der Waals surface area contributed by atoms with Gasteiger partial charge in [0.15, 0.2) is 0 Å². The van der Waals surface area contributed by atoms with Crippen LogP contribution in [0.1, 0.15) is 41.3 Å². The van der Waals surface area contributed by atoms with E-state index >= 15 is 0 Å². The van der Waals surface area contributed by atoms with Crippen LogP contribution in [0.3, 0.4) is 0 Å². The standard InChI is InChI=1S/C25H28N4O4.C2H2O4/c1-18(30)33-27-23(19-5-3-2-4-6-19)11-12-28-13-15-29(16-14-28)25(32)21-7-9-22-20(17-21)8-10-24(31)26-22;3-1(4)2(5)6/h2-7,9,17H,8,10-16H2,1H3,(H,26,31);(H,3,4)(H,5,6). The normalized spacial score (nSPS) is 15.3. The Labute approximate surface area is 224 Å². The molecule has 2 aliphatic heterocycles. The van der Waals surface area contributed by atoms with Crippen molar-refractivity contribution in [3.63, 3.8) is 0 Å². The predicted octanol–water partition coefficient (Wildman–Crippen LogP) is 1.84. The van der Waals surface area contributed by atoms with Gasteiger partial charge in [0.25, 0.3) is 5.91 Å². The minimum atomic E-state index is -1.82. The number of hydrogen-bond acceptors (Lipinski definition) is 8. The number of nitrogens with zero attached hydrogens (tertiary/aromatic N) is 3. The number of rotatable bonds is 6. The van der Waals surface area contributed by atoms with Crippen molar-refractivity contribution in [2.45, 2.75) is 26.2 Å². The SMILES string of the molecule is CC(=O)ON=C(CCN1CCN(C(=O)c2ccc3c(c2)CCC(=O)N3)CC1)c1ccccc1.O=C(O)C(=O)O. The molecule has 2 aromatic rings. The lowest BCUT2D eigenvalue weighted by Crippen LogP contribution is -2.49. The molecule has 2 aliphatic rings. The maximum absolute atomic E-state index is 13.0. The van der Waals surface area contributed by atoms with Gasteiger partial charge in [-0.15, -0.1) is 0 Å². The van der Waals surface area contributed by atoms with Gasteiger partial charge in [-0.25, -0.2) is 14.4 Å². The van der Waals surface area contributed by atoms with Gasteiger partial charge in [0, 0.05) is 63.7 Å². The van der Waals surface area contributed by atoms with Crippen LogP contribution < -0.4 is 5.32 Å². The molecule has 0 bridgehead atoms. The Bertz CT molecular complexity index is 1240. The van der Waals surface area contributed by atoms with Gasteiger partial charge in [-0.3, -0.25) is 14.5 Å². The van der Waals surface area contributed by atoms with Crippen molar-refractivity contribution in [2.24, 2.45) is 5.16 Å². The molecule has 2 aromatic carbocycles. The number of carbonyl (C=O) groups excluding carboxylic acids is 3. The molecule has 2 amide bonds. The molecule has 12 nitrogen and oxygen atoms in total. The first kappa shape index (κ1) is 29.0. The van der Waals surface area contributed by atoms with Crippen molar-refractivity contribution in [1.82, 2.24) is 9.80 Å². The molecular formula is C27H30N4O8. The molecular weight excluding hydrogens is 508 g/mol. The van der Waals surface area contributed by atoms with Crippen LogP contribution in [0.5, 0.6) is 0 Å². The number of piperazine rings is 1. The molecule has 0 saturated carbocycles. The number of carbonyl (C=O) groups is 5. The van der Waals surface area contributed by atoms with E-state index in [1.807, 2.05) is 47.4 Å². The lowest BCUT2D eigenvalue weighted by atomic mass is 10.00. The highest BCUT2D eigenvalue weighted by Gasteiger charge is 2.24. The van der Waals surface area contributed by atoms with E-state index in [-0.39, 0.29) is 11.8 Å². The van der Waals surface area contributed by atoms with Crippen molar-refractivity contribution >= 4 is 41.1 Å². The van der Waals surface area contributed by atoms with Gasteiger partial charge in [-0.05, 0) is 35.7 Å². The summed E-state index contributed by atoms with van der Waals surface area (Å²) in [5.41, 5.74) is 4.14. The monoisotopic (exact) mass is 538 g/mol. The van der Waals surface area contributed by atoms with Gasteiger partial charge < -0.3 is 25.3 Å². The number of aliphatic carboxylic acids is 2. The Morgan fingerprint density at radius 1 is 0.923 bits per heavy atom. The summed E-state index contributed by atoms with van der Waals surface area (Å²) < 4.78 is 0. The number of amides is 2. The highest BCUT2D eigenvalue weighted by Crippen LogP contribution is 2.24. The van der Waals surface area contributed by atoms with Gasteiger partial charge >= 0.3 is 17.9 Å². The summed E-state index contributed by atoms with van der Waals surface area (Å²) in [7, 11) is 0. The Morgan fingerprint density at radius 2 is 1.59 bits per heavy atom. The number of oxime groups is 1. The Kier molecular flexibility index (Phi) is 10.3. The fourth-order valence-electron chi connectivity index (χ4n) is 4.13. The molecule has 1 fully saturated rings. The molecule has 12 heteroatoms. The third kappa shape index (κ3) is 8.75. The smallest absolute Gasteiger partial charge is 0.414 e. The molecule has 206 valence electrons. The summed E-state index contributed by atoms with van der Waals surface area (Å²) in [6.45, 7) is 4.92. The van der Waals surface area contributed by atoms with E-state index in [4.69, 9.17) is 24.6 Å². The highest BCUT2D eigenvalue weighted by molar-refractivity contribution is 6.27. The number of anilines is 1. The van der Waals surface area contributed by atoms with Crippen LogP contribution in [-0.2, 0) is 30.4 Å². The second kappa shape index (κ2) is 13.8. The molecule has 0 aliphatic carbocycles. The average molecular weight is 539 g/mol. The molecule has 0 radical (unpaired) electrons. The van der Waals surface area contributed by atoms with E-state index < -0.39 is 17.9 Å². The summed E-state index contributed by atoms with van der Waals surface area (Å²) in [6, 6.07) is 15.2. The van der Waals surface area contributed by atoms with E-state index in [2.05, 4.69) is 15.4 Å². The molecule has 0 unspecified atom stereocenters. The van der Waals surface area contributed by atoms with Crippen molar-refractivity contribution < 1.29 is 39.0 Å². The second-order valence-electron chi connectivity index (χ2n) is 8.90. The fraction of sp³-hybridized carbons (Fsp3) is 0.333. The van der Waals surface area contributed by atoms with E-state index in [1.54, 1.807) is 6.07 Å². The van der Waals surface area contributed by atoms with Crippen LogP contribution in [0.2, 0.25) is 0 Å². The largest absolute Gasteiger partial charge is 0.473 e. The van der Waals surface area contributed by atoms with Crippen LogP contribution in [0.4, 0.5) is 5.69 Å². The first-order chi connectivity index (χ1) is 18.6. The minimum Gasteiger partial charge on any atom is -0.473 e. The highest BCUT2D eigenvalue weighted by atomic mass is 16.7. The van der Waals surface area contributed by atoms with Crippen LogP contribution >= 0.6 is 0 Å². The number of hydrogen-bond donors (Lipinski definition) is 3. The van der Waals surface area contributed by atoms with E-state index in [1.165, 1.54) is 6.92 Å². The number of fused-ring (bicyclic) bond motifs is 1. The summed E-state index contributed by atoms with van der Waals surface area (Å²) in [6.07, 6.45) is 1.76. The maximum atomic E-state index is 13.0. The van der Waals surface area contributed by atoms with Crippen LogP contribution in [0.25, 0.3) is 0 Å². The third-order valence-corrected chi connectivity index (χ3v) is 6.15. The van der Waals surface area contributed by atoms with Gasteiger partial charge in [-0.2, -0.15) is 0 Å². The van der Waals surface area contributed by atoms with Gasteiger partial charge in [0.05, 0.1) is 5.71 Å². The topological polar surface area (TPSA) is 166 Å². The summed E-state index contributed by atoms with van der Waals surface area (Å²) >= 11 is 0. The number of carboxylic acids is 2. The summed E-state index contributed by atoms with van der Waals surface area (Å²) in [5, 5.41) is 21.7. The molecule has 0 aromatic heterocycles. The van der Waals surface area contributed by atoms with Crippen LogP contribution in [0.15, 0.2) is 53.7 Å². The van der Waals surface area contributed by atoms with Gasteiger partial charge in [0.1, 0.15) is 0 Å². The number of carboxylic acid groups (broad SMARTS) is 2. The van der Waals surface area contributed by atoms with Crippen molar-refractivity contribution in [3.05, 3.63) is 65.2 Å². The zero-order valence-corrected chi connectivity index (χ0v) is 21.5. The van der Waals surface area contributed by atoms with Crippen molar-refractivity contribution in [3.8, 4) is 0 Å². The number of nitrogens with one attached hydrogen (secondary N) is 1. The summed E-state index contributed by atoms with van der Waals surface area (Å²) in [4.78, 5) is 63.0. The molecule has 0 spiro atoms. The van der Waals surface area contributed by atoms with Crippen molar-refractivity contribution in [2.75, 3.05) is 38.0 Å². The Balaban J connectivity index is 0.000000631. The van der Waals surface area contributed by atoms with Gasteiger partial charge in [0.2, 0.25) is 5.91 Å². The first-order valence-electron chi connectivity index (χ1n) is 12.3. The molecule has 4 rings (SSSR count). The maximum Gasteiger partial charge on any atom is 0.414 e. The first-order valence-corrected chi connectivity index (χ1v) is 12.3. The molecule has 2 heterocycles. The van der Waals surface area contributed by atoms with E-state index in [0.717, 1.165) is 42.2 Å². The van der Waals surface area contributed by atoms with Gasteiger partial charge in [-0.1, -0.05) is 35.5 Å². The van der Waals surface area contributed by atoms with E-state index in [9.17, 15) is 14.4 Å². The lowest BCUT2D eigenvalue weighted by molar-refractivity contribution is -0.159. The quantitative estimate of drug-likeness (QED) is 0.215. The Morgan fingerprint density at radius 3 is 2.21 bits per heavy atom. The average Bonchev–Trinajstić information content (AvgIpc) is 2.93. The minimum absolute atomic E-state index is 0.0195. The Hall–Kier alpha value is -4.58. The zero-order valence-electron chi connectivity index (χ0n) is 21.5. The molecule has 1 saturated heterocycles. The fourth-order valence-corrected chi connectivity index (χ4v) is 4.13. The molecule has 3 N–H and O–H groups in total. The third-order valence-electron chi connectivity index (χ3n) is 6.15. The number of benzene rings is 2. The zero-order chi connectivity index (χ0) is 28.4.